The van der Waals surface area contributed by atoms with E-state index < -0.39 is 18.0 Å². The number of aliphatic carboxylic acids is 1. The zero-order valence-electron chi connectivity index (χ0n) is 19.6. The van der Waals surface area contributed by atoms with Crippen molar-refractivity contribution in [1.82, 2.24) is 14.9 Å². The Balaban J connectivity index is 1.31. The first kappa shape index (κ1) is 24.6. The number of likely N-dealkylation sites (tertiary alicyclic amines) is 1. The van der Waals surface area contributed by atoms with Gasteiger partial charge in [0.05, 0.1) is 29.7 Å². The summed E-state index contributed by atoms with van der Waals surface area (Å²) in [5.41, 5.74) is 1.62. The smallest absolute Gasteiger partial charge is 0.308 e. The average Bonchev–Trinajstić information content (AvgIpc) is 3.38. The molecule has 1 aliphatic heterocycles. The highest BCUT2D eigenvalue weighted by atomic mass is 32.1. The highest BCUT2D eigenvalue weighted by molar-refractivity contribution is 7.09. The Morgan fingerprint density at radius 3 is 2.91 bits per heavy atom. The minimum absolute atomic E-state index is 0.0707. The summed E-state index contributed by atoms with van der Waals surface area (Å²) in [5.74, 6) is -0.333. The molecule has 34 heavy (non-hydrogen) atoms. The number of fused-ring (bicyclic) bond motifs is 1. The van der Waals surface area contributed by atoms with Crippen LogP contribution in [0.3, 0.4) is 0 Å². The number of unbranched alkanes of at least 4 members (excludes halogenated alkanes) is 1. The lowest BCUT2D eigenvalue weighted by Crippen LogP contribution is -2.44. The van der Waals surface area contributed by atoms with Crippen molar-refractivity contribution < 1.29 is 19.7 Å². The topological polar surface area (TPSA) is 95.8 Å². The van der Waals surface area contributed by atoms with E-state index in [0.717, 1.165) is 61.0 Å². The van der Waals surface area contributed by atoms with Crippen LogP contribution in [0.25, 0.3) is 10.9 Å². The maximum atomic E-state index is 12.0. The van der Waals surface area contributed by atoms with Gasteiger partial charge in [0.2, 0.25) is 0 Å². The number of aryl methyl sites for hydroxylation is 1. The Labute approximate surface area is 204 Å². The van der Waals surface area contributed by atoms with Crippen LogP contribution in [0.15, 0.2) is 42.0 Å². The highest BCUT2D eigenvalue weighted by Gasteiger charge is 2.34. The SMILES string of the molecule is COc1ccc2nccc(C(O)CC[C@@H]3CCN(CCCCc4nccs4)C[C@@H]3C(=O)O)c2c1. The van der Waals surface area contributed by atoms with Gasteiger partial charge in [0.1, 0.15) is 5.75 Å². The van der Waals surface area contributed by atoms with E-state index in [1.807, 2.05) is 35.8 Å². The van der Waals surface area contributed by atoms with E-state index >= 15 is 0 Å². The maximum absolute atomic E-state index is 12.0. The van der Waals surface area contributed by atoms with Crippen molar-refractivity contribution in [3.63, 3.8) is 0 Å². The van der Waals surface area contributed by atoms with Gasteiger partial charge in [-0.15, -0.1) is 11.3 Å². The number of pyridine rings is 1. The van der Waals surface area contributed by atoms with Crippen LogP contribution in [0.1, 0.15) is 48.8 Å². The monoisotopic (exact) mass is 483 g/mol. The Morgan fingerprint density at radius 2 is 2.15 bits per heavy atom. The number of hydrogen-bond donors (Lipinski definition) is 2. The van der Waals surface area contributed by atoms with Gasteiger partial charge in [-0.1, -0.05) is 0 Å². The molecule has 0 aliphatic carbocycles. The van der Waals surface area contributed by atoms with Gasteiger partial charge in [0.25, 0.3) is 0 Å². The van der Waals surface area contributed by atoms with Crippen LogP contribution in [-0.2, 0) is 11.2 Å². The number of hydrogen-bond acceptors (Lipinski definition) is 7. The molecule has 7 nitrogen and oxygen atoms in total. The van der Waals surface area contributed by atoms with Crippen LogP contribution >= 0.6 is 11.3 Å². The van der Waals surface area contributed by atoms with Gasteiger partial charge in [-0.2, -0.15) is 0 Å². The number of thiazole rings is 1. The van der Waals surface area contributed by atoms with Crippen molar-refractivity contribution in [1.29, 1.82) is 0 Å². The molecule has 2 N–H and O–H groups in total. The summed E-state index contributed by atoms with van der Waals surface area (Å²) in [6.07, 6.45) is 8.05. The number of nitrogens with zero attached hydrogens (tertiary/aromatic N) is 3. The van der Waals surface area contributed by atoms with Gasteiger partial charge in [0.15, 0.2) is 0 Å². The largest absolute Gasteiger partial charge is 0.497 e. The molecule has 0 amide bonds. The second-order valence-electron chi connectivity index (χ2n) is 9.05. The summed E-state index contributed by atoms with van der Waals surface area (Å²) >= 11 is 1.69. The van der Waals surface area contributed by atoms with Gasteiger partial charge in [-0.3, -0.25) is 9.78 Å². The molecule has 3 aromatic rings. The lowest BCUT2D eigenvalue weighted by Gasteiger charge is -2.37. The van der Waals surface area contributed by atoms with Gasteiger partial charge >= 0.3 is 5.97 Å². The summed E-state index contributed by atoms with van der Waals surface area (Å²) in [5, 5.41) is 24.9. The third kappa shape index (κ3) is 6.11. The van der Waals surface area contributed by atoms with E-state index in [9.17, 15) is 15.0 Å². The van der Waals surface area contributed by atoms with Crippen molar-refractivity contribution in [3.8, 4) is 5.75 Å². The molecular formula is C26H33N3O4S. The van der Waals surface area contributed by atoms with Crippen LogP contribution in [0.4, 0.5) is 0 Å². The van der Waals surface area contributed by atoms with Crippen molar-refractivity contribution in [2.75, 3.05) is 26.7 Å². The van der Waals surface area contributed by atoms with Crippen LogP contribution in [0.2, 0.25) is 0 Å². The molecule has 1 saturated heterocycles. The van der Waals surface area contributed by atoms with Crippen molar-refractivity contribution in [3.05, 3.63) is 52.6 Å². The number of aromatic nitrogens is 2. The fraction of sp³-hybridized carbons (Fsp3) is 0.500. The van der Waals surface area contributed by atoms with E-state index in [1.54, 1.807) is 24.6 Å². The lowest BCUT2D eigenvalue weighted by atomic mass is 9.81. The van der Waals surface area contributed by atoms with E-state index in [0.29, 0.717) is 19.4 Å². The molecule has 4 rings (SSSR count). The summed E-state index contributed by atoms with van der Waals surface area (Å²) in [7, 11) is 1.62. The molecule has 3 heterocycles. The zero-order valence-corrected chi connectivity index (χ0v) is 20.4. The quantitative estimate of drug-likeness (QED) is 0.386. The first-order chi connectivity index (χ1) is 16.5. The molecule has 0 radical (unpaired) electrons. The number of piperidine rings is 1. The molecule has 0 saturated carbocycles. The first-order valence-corrected chi connectivity index (χ1v) is 12.9. The summed E-state index contributed by atoms with van der Waals surface area (Å²) < 4.78 is 5.33. The van der Waals surface area contributed by atoms with Crippen LogP contribution < -0.4 is 4.74 Å². The molecule has 2 aromatic heterocycles. The number of carbonyl (C=O) groups is 1. The van der Waals surface area contributed by atoms with E-state index in [4.69, 9.17) is 4.74 Å². The number of carboxylic acids is 1. The number of aliphatic hydroxyl groups is 1. The second-order valence-corrected chi connectivity index (χ2v) is 10.0. The van der Waals surface area contributed by atoms with E-state index in [2.05, 4.69) is 14.9 Å². The van der Waals surface area contributed by atoms with Crippen LogP contribution in [0.5, 0.6) is 5.75 Å². The molecule has 3 atom stereocenters. The van der Waals surface area contributed by atoms with Crippen molar-refractivity contribution in [2.45, 2.75) is 44.6 Å². The fourth-order valence-corrected chi connectivity index (χ4v) is 5.64. The highest BCUT2D eigenvalue weighted by Crippen LogP contribution is 2.33. The molecule has 8 heteroatoms. The Bertz CT molecular complexity index is 1080. The number of carboxylic acid groups (broad SMARTS) is 1. The lowest BCUT2D eigenvalue weighted by molar-refractivity contribution is -0.146. The molecule has 1 aromatic carbocycles. The molecule has 0 bridgehead atoms. The van der Waals surface area contributed by atoms with Gasteiger partial charge in [-0.25, -0.2) is 4.98 Å². The molecule has 1 fully saturated rings. The molecule has 0 spiro atoms. The second kappa shape index (κ2) is 11.7. The predicted octanol–water partition coefficient (Wildman–Crippen LogP) is 4.56. The first-order valence-electron chi connectivity index (χ1n) is 12.0. The van der Waals surface area contributed by atoms with Crippen LogP contribution in [-0.4, -0.2) is 57.8 Å². The average molecular weight is 484 g/mol. The van der Waals surface area contributed by atoms with Crippen molar-refractivity contribution in [2.24, 2.45) is 11.8 Å². The van der Waals surface area contributed by atoms with Gasteiger partial charge in [-0.05, 0) is 87.4 Å². The normalized spacial score (nSPS) is 19.8. The third-order valence-electron chi connectivity index (χ3n) is 6.91. The fourth-order valence-electron chi connectivity index (χ4n) is 4.98. The Hall–Kier alpha value is -2.55. The Kier molecular flexibility index (Phi) is 8.48. The third-order valence-corrected chi connectivity index (χ3v) is 7.75. The predicted molar refractivity (Wildman–Crippen MR) is 133 cm³/mol. The number of aliphatic hydroxyl groups excluding tert-OH is 1. The number of ether oxygens (including phenoxy) is 1. The molecule has 182 valence electrons. The molecule has 1 unspecified atom stereocenters. The number of methoxy groups -OCH3 is 1. The van der Waals surface area contributed by atoms with E-state index in [-0.39, 0.29) is 5.92 Å². The van der Waals surface area contributed by atoms with Gasteiger partial charge in [0, 0.05) is 29.7 Å². The summed E-state index contributed by atoms with van der Waals surface area (Å²) in [4.78, 5) is 23.0. The number of rotatable bonds is 11. The van der Waals surface area contributed by atoms with Crippen LogP contribution in [0, 0.1) is 11.8 Å². The van der Waals surface area contributed by atoms with E-state index in [1.165, 1.54) is 5.01 Å². The summed E-state index contributed by atoms with van der Waals surface area (Å²) in [6, 6.07) is 7.48. The van der Waals surface area contributed by atoms with Crippen molar-refractivity contribution >= 4 is 28.2 Å². The van der Waals surface area contributed by atoms with Gasteiger partial charge < -0.3 is 19.8 Å². The Morgan fingerprint density at radius 1 is 1.26 bits per heavy atom. The molecule has 1 aliphatic rings. The minimum Gasteiger partial charge on any atom is -0.497 e. The number of benzene rings is 1. The maximum Gasteiger partial charge on any atom is 0.308 e. The standard InChI is InChI=1S/C26H33N3O4S/c1-33-19-6-7-23-21(16-19)20(9-11-27-23)24(30)8-5-18-10-14-29(17-22(18)26(31)32)13-3-2-4-25-28-12-15-34-25/h6-7,9,11-12,15-16,18,22,24,30H,2-5,8,10,13-14,17H2,1H3,(H,31,32)/t18-,22+,24?/m1/s1. The minimum atomic E-state index is -0.730. The zero-order chi connectivity index (χ0) is 23.9. The summed E-state index contributed by atoms with van der Waals surface area (Å²) in [6.45, 7) is 2.43. The molecular weight excluding hydrogens is 450 g/mol.